The van der Waals surface area contributed by atoms with E-state index in [1.807, 2.05) is 0 Å². The maximum absolute atomic E-state index is 5.37. The molecule has 3 heteroatoms. The standard InChI is InChI=1S/C14H22BrNO/c1-4-16-10-13(9-11(2)17-3)12-5-7-14(15)8-6-12/h5-8,11,13,16H,4,9-10H2,1-3H3. The average Bonchev–Trinajstić information content (AvgIpc) is 2.35. The first-order valence-electron chi connectivity index (χ1n) is 6.16. The van der Waals surface area contributed by atoms with Crippen LogP contribution in [0.1, 0.15) is 31.7 Å². The van der Waals surface area contributed by atoms with E-state index < -0.39 is 0 Å². The highest BCUT2D eigenvalue weighted by atomic mass is 79.9. The van der Waals surface area contributed by atoms with E-state index in [-0.39, 0.29) is 0 Å². The van der Waals surface area contributed by atoms with E-state index in [1.165, 1.54) is 5.56 Å². The molecule has 0 bridgehead atoms. The van der Waals surface area contributed by atoms with Gasteiger partial charge in [-0.05, 0) is 43.5 Å². The first-order chi connectivity index (χ1) is 8.17. The van der Waals surface area contributed by atoms with Gasteiger partial charge in [0.05, 0.1) is 6.10 Å². The zero-order chi connectivity index (χ0) is 12.7. The molecule has 0 fully saturated rings. The van der Waals surface area contributed by atoms with Crippen molar-refractivity contribution in [2.45, 2.75) is 32.3 Å². The number of hydrogen-bond donors (Lipinski definition) is 1. The Morgan fingerprint density at radius 1 is 1.29 bits per heavy atom. The SMILES string of the molecule is CCNCC(CC(C)OC)c1ccc(Br)cc1. The quantitative estimate of drug-likeness (QED) is 0.831. The topological polar surface area (TPSA) is 21.3 Å². The molecule has 2 nitrogen and oxygen atoms in total. The van der Waals surface area contributed by atoms with Gasteiger partial charge in [-0.25, -0.2) is 0 Å². The lowest BCUT2D eigenvalue weighted by Gasteiger charge is -2.21. The molecule has 0 radical (unpaired) electrons. The molecule has 0 saturated heterocycles. The summed E-state index contributed by atoms with van der Waals surface area (Å²) in [5.74, 6) is 0.512. The molecule has 0 heterocycles. The second-order valence-corrected chi connectivity index (χ2v) is 5.25. The van der Waals surface area contributed by atoms with Gasteiger partial charge in [-0.3, -0.25) is 0 Å². The van der Waals surface area contributed by atoms with Crippen molar-refractivity contribution >= 4 is 15.9 Å². The lowest BCUT2D eigenvalue weighted by Crippen LogP contribution is -2.24. The molecule has 0 aliphatic heterocycles. The zero-order valence-electron chi connectivity index (χ0n) is 10.9. The maximum atomic E-state index is 5.37. The number of hydrogen-bond acceptors (Lipinski definition) is 2. The Morgan fingerprint density at radius 3 is 2.47 bits per heavy atom. The van der Waals surface area contributed by atoms with E-state index in [0.717, 1.165) is 24.0 Å². The number of likely N-dealkylation sites (N-methyl/N-ethyl adjacent to an activating group) is 1. The van der Waals surface area contributed by atoms with Gasteiger partial charge < -0.3 is 10.1 Å². The van der Waals surface area contributed by atoms with Crippen molar-refractivity contribution in [3.05, 3.63) is 34.3 Å². The molecule has 2 unspecified atom stereocenters. The molecule has 1 rings (SSSR count). The monoisotopic (exact) mass is 299 g/mol. The van der Waals surface area contributed by atoms with Crippen molar-refractivity contribution in [1.29, 1.82) is 0 Å². The Kier molecular flexibility index (Phi) is 6.78. The molecule has 2 atom stereocenters. The van der Waals surface area contributed by atoms with Crippen LogP contribution in [0.15, 0.2) is 28.7 Å². The van der Waals surface area contributed by atoms with E-state index in [0.29, 0.717) is 12.0 Å². The second-order valence-electron chi connectivity index (χ2n) is 4.34. The third-order valence-corrected chi connectivity index (χ3v) is 3.53. The summed E-state index contributed by atoms with van der Waals surface area (Å²) in [5, 5.41) is 3.42. The van der Waals surface area contributed by atoms with Crippen molar-refractivity contribution in [2.24, 2.45) is 0 Å². The van der Waals surface area contributed by atoms with Crippen LogP contribution in [0.5, 0.6) is 0 Å². The first kappa shape index (κ1) is 14.7. The Balaban J connectivity index is 2.70. The summed E-state index contributed by atoms with van der Waals surface area (Å²) >= 11 is 3.47. The predicted octanol–water partition coefficient (Wildman–Crippen LogP) is 3.57. The number of methoxy groups -OCH3 is 1. The summed E-state index contributed by atoms with van der Waals surface area (Å²) in [6.45, 7) is 6.27. The van der Waals surface area contributed by atoms with Gasteiger partial charge in [-0.15, -0.1) is 0 Å². The Morgan fingerprint density at radius 2 is 1.94 bits per heavy atom. The van der Waals surface area contributed by atoms with Crippen LogP contribution in [0, 0.1) is 0 Å². The van der Waals surface area contributed by atoms with E-state index in [9.17, 15) is 0 Å². The fourth-order valence-corrected chi connectivity index (χ4v) is 2.15. The van der Waals surface area contributed by atoms with E-state index in [1.54, 1.807) is 7.11 Å². The summed E-state index contributed by atoms with van der Waals surface area (Å²) in [5.41, 5.74) is 1.37. The molecule has 1 aromatic carbocycles. The minimum Gasteiger partial charge on any atom is -0.382 e. The molecule has 0 amide bonds. The maximum Gasteiger partial charge on any atom is 0.0549 e. The van der Waals surface area contributed by atoms with Gasteiger partial charge in [0.2, 0.25) is 0 Å². The van der Waals surface area contributed by atoms with Crippen molar-refractivity contribution in [2.75, 3.05) is 20.2 Å². The summed E-state index contributed by atoms with van der Waals surface area (Å²) in [4.78, 5) is 0. The van der Waals surface area contributed by atoms with Crippen LogP contribution in [-0.2, 0) is 4.74 Å². The molecular formula is C14H22BrNO. The highest BCUT2D eigenvalue weighted by Gasteiger charge is 2.14. The molecular weight excluding hydrogens is 278 g/mol. The van der Waals surface area contributed by atoms with Crippen LogP contribution in [0.3, 0.4) is 0 Å². The molecule has 0 aliphatic rings. The van der Waals surface area contributed by atoms with Crippen LogP contribution in [0.25, 0.3) is 0 Å². The Bertz CT molecular complexity index is 313. The third-order valence-electron chi connectivity index (χ3n) is 3.00. The summed E-state index contributed by atoms with van der Waals surface area (Å²) < 4.78 is 6.50. The van der Waals surface area contributed by atoms with Crippen LogP contribution in [0.2, 0.25) is 0 Å². The zero-order valence-corrected chi connectivity index (χ0v) is 12.5. The minimum atomic E-state index is 0.294. The molecule has 0 aliphatic carbocycles. The van der Waals surface area contributed by atoms with Crippen molar-refractivity contribution in [3.8, 4) is 0 Å². The van der Waals surface area contributed by atoms with Crippen LogP contribution < -0.4 is 5.32 Å². The number of nitrogens with one attached hydrogen (secondary N) is 1. The summed E-state index contributed by atoms with van der Waals surface area (Å²) in [6, 6.07) is 8.58. The number of rotatable bonds is 7. The number of halogens is 1. The normalized spacial score (nSPS) is 14.6. The van der Waals surface area contributed by atoms with Gasteiger partial charge in [0.15, 0.2) is 0 Å². The highest BCUT2D eigenvalue weighted by Crippen LogP contribution is 2.23. The van der Waals surface area contributed by atoms with E-state index in [4.69, 9.17) is 4.74 Å². The minimum absolute atomic E-state index is 0.294. The lowest BCUT2D eigenvalue weighted by molar-refractivity contribution is 0.104. The fraction of sp³-hybridized carbons (Fsp3) is 0.571. The van der Waals surface area contributed by atoms with Crippen molar-refractivity contribution in [3.63, 3.8) is 0 Å². The average molecular weight is 300 g/mol. The van der Waals surface area contributed by atoms with Gasteiger partial charge in [0.1, 0.15) is 0 Å². The Hall–Kier alpha value is -0.380. The molecule has 17 heavy (non-hydrogen) atoms. The Labute approximate surface area is 113 Å². The first-order valence-corrected chi connectivity index (χ1v) is 6.95. The van der Waals surface area contributed by atoms with Gasteiger partial charge in [0, 0.05) is 18.1 Å². The van der Waals surface area contributed by atoms with Gasteiger partial charge in [0.25, 0.3) is 0 Å². The summed E-state index contributed by atoms with van der Waals surface area (Å²) in [7, 11) is 1.77. The number of ether oxygens (including phenoxy) is 1. The largest absolute Gasteiger partial charge is 0.382 e. The van der Waals surface area contributed by atoms with Gasteiger partial charge in [-0.2, -0.15) is 0 Å². The third kappa shape index (κ3) is 5.19. The fourth-order valence-electron chi connectivity index (χ4n) is 1.89. The van der Waals surface area contributed by atoms with Crippen molar-refractivity contribution in [1.82, 2.24) is 5.32 Å². The smallest absolute Gasteiger partial charge is 0.0549 e. The van der Waals surface area contributed by atoms with Crippen LogP contribution >= 0.6 is 15.9 Å². The molecule has 0 spiro atoms. The number of benzene rings is 1. The van der Waals surface area contributed by atoms with Gasteiger partial charge >= 0.3 is 0 Å². The second kappa shape index (κ2) is 7.85. The molecule has 0 saturated carbocycles. The van der Waals surface area contributed by atoms with E-state index in [2.05, 4.69) is 59.4 Å². The molecule has 0 aromatic heterocycles. The van der Waals surface area contributed by atoms with E-state index >= 15 is 0 Å². The predicted molar refractivity (Wildman–Crippen MR) is 76.5 cm³/mol. The highest BCUT2D eigenvalue weighted by molar-refractivity contribution is 9.10. The lowest BCUT2D eigenvalue weighted by atomic mass is 9.93. The molecule has 96 valence electrons. The molecule has 1 aromatic rings. The van der Waals surface area contributed by atoms with Crippen molar-refractivity contribution < 1.29 is 4.74 Å². The van der Waals surface area contributed by atoms with Crippen LogP contribution in [-0.4, -0.2) is 26.3 Å². The molecule has 1 N–H and O–H groups in total. The van der Waals surface area contributed by atoms with Gasteiger partial charge in [-0.1, -0.05) is 35.0 Å². The summed E-state index contributed by atoms with van der Waals surface area (Å²) in [6.07, 6.45) is 1.34. The van der Waals surface area contributed by atoms with Crippen LogP contribution in [0.4, 0.5) is 0 Å².